The maximum atomic E-state index is 6.15. The summed E-state index contributed by atoms with van der Waals surface area (Å²) >= 11 is 0. The third-order valence-electron chi connectivity index (χ3n) is 5.08. The molecule has 1 aliphatic heterocycles. The van der Waals surface area contributed by atoms with Crippen molar-refractivity contribution < 1.29 is 4.74 Å². The van der Waals surface area contributed by atoms with Crippen LogP contribution in [0.4, 0.5) is 0 Å². The number of benzene rings is 1. The maximum absolute atomic E-state index is 6.15. The van der Waals surface area contributed by atoms with E-state index in [1.807, 2.05) is 0 Å². The van der Waals surface area contributed by atoms with E-state index in [1.54, 1.807) is 0 Å². The lowest BCUT2D eigenvalue weighted by Gasteiger charge is -2.36. The van der Waals surface area contributed by atoms with E-state index in [0.29, 0.717) is 5.92 Å². The van der Waals surface area contributed by atoms with Gasteiger partial charge in [-0.05, 0) is 87.8 Å². The van der Waals surface area contributed by atoms with Gasteiger partial charge in [-0.15, -0.1) is 0 Å². The van der Waals surface area contributed by atoms with Crippen molar-refractivity contribution in [1.82, 2.24) is 4.90 Å². The summed E-state index contributed by atoms with van der Waals surface area (Å²) in [7, 11) is 0. The van der Waals surface area contributed by atoms with Crippen molar-refractivity contribution >= 4 is 0 Å². The highest BCUT2D eigenvalue weighted by Crippen LogP contribution is 2.34. The van der Waals surface area contributed by atoms with Crippen LogP contribution in [-0.4, -0.2) is 37.7 Å². The number of hydrogen-bond donors (Lipinski definition) is 1. The summed E-state index contributed by atoms with van der Waals surface area (Å²) < 4.78 is 5.80. The molecule has 1 saturated heterocycles. The molecule has 0 bridgehead atoms. The van der Waals surface area contributed by atoms with Gasteiger partial charge in [-0.2, -0.15) is 0 Å². The molecule has 1 unspecified atom stereocenters. The summed E-state index contributed by atoms with van der Waals surface area (Å²) in [6, 6.07) is 6.66. The van der Waals surface area contributed by atoms with Gasteiger partial charge >= 0.3 is 0 Å². The van der Waals surface area contributed by atoms with E-state index in [1.165, 1.54) is 50.0 Å². The Balaban J connectivity index is 2.02. The Morgan fingerprint density at radius 3 is 2.52 bits per heavy atom. The van der Waals surface area contributed by atoms with E-state index in [4.69, 9.17) is 10.5 Å². The molecule has 1 atom stereocenters. The highest BCUT2D eigenvalue weighted by molar-refractivity contribution is 5.38. The minimum Gasteiger partial charge on any atom is -0.493 e. The maximum Gasteiger partial charge on any atom is 0.122 e. The third kappa shape index (κ3) is 4.95. The molecular weight excluding hydrogens is 284 g/mol. The molecule has 23 heavy (non-hydrogen) atoms. The van der Waals surface area contributed by atoms with Gasteiger partial charge in [0.2, 0.25) is 0 Å². The van der Waals surface area contributed by atoms with Crippen LogP contribution in [0.15, 0.2) is 18.2 Å². The summed E-state index contributed by atoms with van der Waals surface area (Å²) in [5.74, 6) is 2.22. The monoisotopic (exact) mass is 318 g/mol. The molecule has 1 aromatic carbocycles. The normalized spacial score (nSPS) is 18.1. The van der Waals surface area contributed by atoms with Crippen LogP contribution in [0, 0.1) is 12.8 Å². The zero-order valence-corrected chi connectivity index (χ0v) is 15.2. The molecule has 1 aromatic rings. The molecule has 1 heterocycles. The second-order valence-corrected chi connectivity index (χ2v) is 6.89. The number of hydrogen-bond acceptors (Lipinski definition) is 3. The molecule has 2 rings (SSSR count). The lowest BCUT2D eigenvalue weighted by atomic mass is 9.79. The average molecular weight is 319 g/mol. The number of rotatable bonds is 8. The van der Waals surface area contributed by atoms with Crippen molar-refractivity contribution in [3.8, 4) is 5.75 Å². The molecule has 3 heteroatoms. The Morgan fingerprint density at radius 2 is 1.96 bits per heavy atom. The smallest absolute Gasteiger partial charge is 0.122 e. The number of nitrogens with two attached hydrogens (primary N) is 1. The fraction of sp³-hybridized carbons (Fsp3) is 0.700. The van der Waals surface area contributed by atoms with Gasteiger partial charge < -0.3 is 15.4 Å². The number of aryl methyl sites for hydroxylation is 1. The van der Waals surface area contributed by atoms with Crippen LogP contribution in [0.25, 0.3) is 0 Å². The molecule has 0 amide bonds. The Kier molecular flexibility index (Phi) is 7.38. The second kappa shape index (κ2) is 9.29. The van der Waals surface area contributed by atoms with Crippen molar-refractivity contribution in [2.45, 2.75) is 52.4 Å². The van der Waals surface area contributed by atoms with Gasteiger partial charge in [0.25, 0.3) is 0 Å². The van der Waals surface area contributed by atoms with Crippen LogP contribution in [0.1, 0.15) is 56.6 Å². The molecule has 1 aliphatic rings. The predicted molar refractivity (Wildman–Crippen MR) is 98.2 cm³/mol. The Morgan fingerprint density at radius 1 is 1.22 bits per heavy atom. The van der Waals surface area contributed by atoms with Gasteiger partial charge in [-0.1, -0.05) is 26.0 Å². The zero-order chi connectivity index (χ0) is 16.7. The zero-order valence-electron chi connectivity index (χ0n) is 15.2. The van der Waals surface area contributed by atoms with E-state index in [2.05, 4.69) is 43.9 Å². The largest absolute Gasteiger partial charge is 0.493 e. The molecule has 0 saturated carbocycles. The Hall–Kier alpha value is -1.06. The molecule has 2 N–H and O–H groups in total. The van der Waals surface area contributed by atoms with Gasteiger partial charge in [-0.25, -0.2) is 0 Å². The number of piperidine rings is 1. The first kappa shape index (κ1) is 18.3. The minimum absolute atomic E-state index is 0.484. The molecule has 0 radical (unpaired) electrons. The summed E-state index contributed by atoms with van der Waals surface area (Å²) in [6.45, 7) is 11.8. The standard InChI is InChI=1S/C20H34N2O/c1-4-10-22-11-8-17(9-12-22)19(15-21)18-6-7-20(16(3)14-18)23-13-5-2/h6-7,14,17,19H,4-5,8-13,15,21H2,1-3H3. The van der Waals surface area contributed by atoms with Gasteiger partial charge in [0.05, 0.1) is 6.61 Å². The molecule has 0 spiro atoms. The molecule has 0 aromatic heterocycles. The third-order valence-corrected chi connectivity index (χ3v) is 5.08. The minimum atomic E-state index is 0.484. The topological polar surface area (TPSA) is 38.5 Å². The van der Waals surface area contributed by atoms with E-state index in [0.717, 1.165) is 31.2 Å². The van der Waals surface area contributed by atoms with Crippen molar-refractivity contribution in [3.63, 3.8) is 0 Å². The van der Waals surface area contributed by atoms with Gasteiger partial charge in [0.1, 0.15) is 5.75 Å². The summed E-state index contributed by atoms with van der Waals surface area (Å²) in [5, 5.41) is 0. The highest BCUT2D eigenvalue weighted by atomic mass is 16.5. The molecule has 0 aliphatic carbocycles. The number of nitrogens with zero attached hydrogens (tertiary/aromatic N) is 1. The van der Waals surface area contributed by atoms with Crippen LogP contribution in [0.2, 0.25) is 0 Å². The Bertz CT molecular complexity index is 467. The van der Waals surface area contributed by atoms with E-state index in [9.17, 15) is 0 Å². The Labute approximate surface area is 142 Å². The highest BCUT2D eigenvalue weighted by Gasteiger charge is 2.26. The van der Waals surface area contributed by atoms with Gasteiger partial charge in [0.15, 0.2) is 0 Å². The van der Waals surface area contributed by atoms with Crippen LogP contribution in [-0.2, 0) is 0 Å². The molecule has 130 valence electrons. The van der Waals surface area contributed by atoms with Crippen molar-refractivity contribution in [3.05, 3.63) is 29.3 Å². The number of ether oxygens (including phenoxy) is 1. The fourth-order valence-electron chi connectivity index (χ4n) is 3.77. The summed E-state index contributed by atoms with van der Waals surface area (Å²) in [6.07, 6.45) is 4.84. The molecule has 1 fully saturated rings. The van der Waals surface area contributed by atoms with Crippen molar-refractivity contribution in [2.75, 3.05) is 32.8 Å². The first-order valence-electron chi connectivity index (χ1n) is 9.35. The quantitative estimate of drug-likeness (QED) is 0.789. The second-order valence-electron chi connectivity index (χ2n) is 6.89. The van der Waals surface area contributed by atoms with Gasteiger partial charge in [0, 0.05) is 0 Å². The van der Waals surface area contributed by atoms with E-state index < -0.39 is 0 Å². The van der Waals surface area contributed by atoms with Crippen LogP contribution >= 0.6 is 0 Å². The first-order chi connectivity index (χ1) is 11.2. The van der Waals surface area contributed by atoms with Crippen molar-refractivity contribution in [1.29, 1.82) is 0 Å². The van der Waals surface area contributed by atoms with Crippen LogP contribution in [0.3, 0.4) is 0 Å². The lowest BCUT2D eigenvalue weighted by molar-refractivity contribution is 0.169. The predicted octanol–water partition coefficient (Wildman–Crippen LogP) is 3.95. The van der Waals surface area contributed by atoms with Crippen LogP contribution < -0.4 is 10.5 Å². The van der Waals surface area contributed by atoms with E-state index in [-0.39, 0.29) is 0 Å². The fourth-order valence-corrected chi connectivity index (χ4v) is 3.77. The average Bonchev–Trinajstić information content (AvgIpc) is 2.56. The lowest BCUT2D eigenvalue weighted by Crippen LogP contribution is -2.37. The van der Waals surface area contributed by atoms with Crippen LogP contribution in [0.5, 0.6) is 5.75 Å². The molecule has 3 nitrogen and oxygen atoms in total. The van der Waals surface area contributed by atoms with Crippen molar-refractivity contribution in [2.24, 2.45) is 11.7 Å². The summed E-state index contributed by atoms with van der Waals surface area (Å²) in [4.78, 5) is 2.59. The van der Waals surface area contributed by atoms with Gasteiger partial charge in [-0.3, -0.25) is 0 Å². The molecular formula is C20H34N2O. The summed E-state index contributed by atoms with van der Waals surface area (Å²) in [5.41, 5.74) is 8.78. The number of likely N-dealkylation sites (tertiary alicyclic amines) is 1. The van der Waals surface area contributed by atoms with E-state index >= 15 is 0 Å². The SMILES string of the molecule is CCCOc1ccc(C(CN)C2CCN(CCC)CC2)cc1C. The first-order valence-corrected chi connectivity index (χ1v) is 9.35.